The highest BCUT2D eigenvalue weighted by Crippen LogP contribution is 2.29. The number of carbonyl (C=O) groups is 3. The van der Waals surface area contributed by atoms with Gasteiger partial charge in [0, 0.05) is 10.7 Å². The fourth-order valence-corrected chi connectivity index (χ4v) is 2.94. The van der Waals surface area contributed by atoms with Crippen molar-refractivity contribution in [3.8, 4) is 0 Å². The van der Waals surface area contributed by atoms with Crippen LogP contribution in [0, 0.1) is 6.92 Å². The number of fused-ring (bicyclic) bond motifs is 1. The normalized spacial score (nSPS) is 13.2. The van der Waals surface area contributed by atoms with Crippen LogP contribution < -0.4 is 5.32 Å². The van der Waals surface area contributed by atoms with Gasteiger partial charge >= 0.3 is 0 Å². The minimum absolute atomic E-state index is 0.135. The summed E-state index contributed by atoms with van der Waals surface area (Å²) >= 11 is 12.0. The van der Waals surface area contributed by atoms with Gasteiger partial charge in [-0.15, -0.1) is 0 Å². The second-order valence-electron chi connectivity index (χ2n) is 5.32. The van der Waals surface area contributed by atoms with Gasteiger partial charge in [0.05, 0.1) is 16.1 Å². The third-order valence-electron chi connectivity index (χ3n) is 3.79. The van der Waals surface area contributed by atoms with E-state index in [1.54, 1.807) is 31.2 Å². The number of nitrogens with zero attached hydrogens (tertiary/aromatic N) is 1. The summed E-state index contributed by atoms with van der Waals surface area (Å²) in [5.41, 5.74) is 1.58. The second-order valence-corrected chi connectivity index (χ2v) is 6.13. The van der Waals surface area contributed by atoms with E-state index in [0.29, 0.717) is 16.3 Å². The number of halogens is 2. The van der Waals surface area contributed by atoms with Crippen molar-refractivity contribution in [1.82, 2.24) is 4.90 Å². The van der Waals surface area contributed by atoms with Crippen molar-refractivity contribution in [1.29, 1.82) is 0 Å². The first kappa shape index (κ1) is 16.5. The standard InChI is InChI=1S/C17H12Cl2N2O3/c1-9-11(18)5-3-7-13(9)20-14(22)8-21-16(23)10-4-2-6-12(19)15(10)17(21)24/h2-7H,8H2,1H3,(H,20,22). The number of carbonyl (C=O) groups excluding carboxylic acids is 3. The van der Waals surface area contributed by atoms with Gasteiger partial charge in [-0.25, -0.2) is 0 Å². The maximum Gasteiger partial charge on any atom is 0.263 e. The molecule has 1 N–H and O–H groups in total. The van der Waals surface area contributed by atoms with E-state index in [2.05, 4.69) is 5.32 Å². The molecule has 3 amide bonds. The van der Waals surface area contributed by atoms with E-state index in [4.69, 9.17) is 23.2 Å². The molecule has 24 heavy (non-hydrogen) atoms. The number of amides is 3. The second kappa shape index (κ2) is 6.26. The van der Waals surface area contributed by atoms with Gasteiger partial charge in [-0.2, -0.15) is 0 Å². The molecule has 7 heteroatoms. The molecule has 1 aliphatic rings. The van der Waals surface area contributed by atoms with Crippen LogP contribution in [0.4, 0.5) is 5.69 Å². The highest BCUT2D eigenvalue weighted by atomic mass is 35.5. The van der Waals surface area contributed by atoms with Crippen molar-refractivity contribution in [3.05, 3.63) is 63.1 Å². The lowest BCUT2D eigenvalue weighted by Crippen LogP contribution is -2.37. The lowest BCUT2D eigenvalue weighted by molar-refractivity contribution is -0.116. The van der Waals surface area contributed by atoms with Crippen LogP contribution in [-0.2, 0) is 4.79 Å². The van der Waals surface area contributed by atoms with Crippen molar-refractivity contribution >= 4 is 46.6 Å². The van der Waals surface area contributed by atoms with Crippen molar-refractivity contribution in [3.63, 3.8) is 0 Å². The van der Waals surface area contributed by atoms with Crippen LogP contribution in [-0.4, -0.2) is 29.2 Å². The third kappa shape index (κ3) is 2.77. The SMILES string of the molecule is Cc1c(Cl)cccc1NC(=O)CN1C(=O)c2cccc(Cl)c2C1=O. The van der Waals surface area contributed by atoms with Crippen LogP contribution in [0.5, 0.6) is 0 Å². The molecule has 0 saturated carbocycles. The van der Waals surface area contributed by atoms with Crippen LogP contribution in [0.15, 0.2) is 36.4 Å². The molecule has 3 rings (SSSR count). The highest BCUT2D eigenvalue weighted by Gasteiger charge is 2.38. The van der Waals surface area contributed by atoms with Gasteiger partial charge < -0.3 is 5.32 Å². The summed E-state index contributed by atoms with van der Waals surface area (Å²) in [5.74, 6) is -1.60. The molecule has 2 aromatic carbocycles. The Morgan fingerprint density at radius 1 is 1.04 bits per heavy atom. The molecule has 0 atom stereocenters. The van der Waals surface area contributed by atoms with Crippen molar-refractivity contribution in [2.24, 2.45) is 0 Å². The molecular formula is C17H12Cl2N2O3. The molecule has 1 aliphatic heterocycles. The van der Waals surface area contributed by atoms with Crippen LogP contribution in [0.1, 0.15) is 26.3 Å². The number of anilines is 1. The van der Waals surface area contributed by atoms with Crippen molar-refractivity contribution < 1.29 is 14.4 Å². The predicted octanol–water partition coefficient (Wildman–Crippen LogP) is 3.54. The Morgan fingerprint density at radius 2 is 1.71 bits per heavy atom. The molecule has 2 aromatic rings. The van der Waals surface area contributed by atoms with Gasteiger partial charge in [-0.3, -0.25) is 19.3 Å². The van der Waals surface area contributed by atoms with E-state index >= 15 is 0 Å². The van der Waals surface area contributed by atoms with Crippen molar-refractivity contribution in [2.75, 3.05) is 11.9 Å². The minimum Gasteiger partial charge on any atom is -0.324 e. The molecule has 0 saturated heterocycles. The first-order valence-corrected chi connectivity index (χ1v) is 7.85. The van der Waals surface area contributed by atoms with E-state index in [-0.39, 0.29) is 16.1 Å². The first-order chi connectivity index (χ1) is 11.4. The summed E-state index contributed by atoms with van der Waals surface area (Å²) in [7, 11) is 0. The zero-order valence-corrected chi connectivity index (χ0v) is 14.1. The summed E-state index contributed by atoms with van der Waals surface area (Å²) in [6.07, 6.45) is 0. The largest absolute Gasteiger partial charge is 0.324 e. The lowest BCUT2D eigenvalue weighted by atomic mass is 10.1. The topological polar surface area (TPSA) is 66.5 Å². The van der Waals surface area contributed by atoms with Gasteiger partial charge in [0.1, 0.15) is 6.54 Å². The summed E-state index contributed by atoms with van der Waals surface area (Å²) < 4.78 is 0. The van der Waals surface area contributed by atoms with Crippen LogP contribution in [0.25, 0.3) is 0 Å². The smallest absolute Gasteiger partial charge is 0.263 e. The molecule has 0 spiro atoms. The average Bonchev–Trinajstić information content (AvgIpc) is 2.78. The lowest BCUT2D eigenvalue weighted by Gasteiger charge is -2.15. The Labute approximate surface area is 148 Å². The molecule has 5 nitrogen and oxygen atoms in total. The van der Waals surface area contributed by atoms with Crippen LogP contribution in [0.2, 0.25) is 10.0 Å². The van der Waals surface area contributed by atoms with Gasteiger partial charge in [0.25, 0.3) is 11.8 Å². The maximum atomic E-state index is 12.4. The Bertz CT molecular complexity index is 880. The average molecular weight is 363 g/mol. The summed E-state index contributed by atoms with van der Waals surface area (Å²) in [4.78, 5) is 37.8. The molecule has 0 bridgehead atoms. The number of imide groups is 1. The Morgan fingerprint density at radius 3 is 2.42 bits per heavy atom. The number of benzene rings is 2. The summed E-state index contributed by atoms with van der Waals surface area (Å²) in [6, 6.07) is 9.74. The Balaban J connectivity index is 1.79. The number of nitrogens with one attached hydrogen (secondary N) is 1. The summed E-state index contributed by atoms with van der Waals surface area (Å²) in [5, 5.41) is 3.37. The quantitative estimate of drug-likeness (QED) is 0.849. The highest BCUT2D eigenvalue weighted by molar-refractivity contribution is 6.37. The van der Waals surface area contributed by atoms with E-state index in [0.717, 1.165) is 4.90 Å². The van der Waals surface area contributed by atoms with Gasteiger partial charge in [0.15, 0.2) is 0 Å². The molecule has 0 aromatic heterocycles. The van der Waals surface area contributed by atoms with E-state index in [1.807, 2.05) is 0 Å². The van der Waals surface area contributed by atoms with Gasteiger partial charge in [0.2, 0.25) is 5.91 Å². The molecule has 0 aliphatic carbocycles. The molecule has 0 radical (unpaired) electrons. The first-order valence-electron chi connectivity index (χ1n) is 7.10. The zero-order chi connectivity index (χ0) is 17.4. The van der Waals surface area contributed by atoms with Crippen LogP contribution >= 0.6 is 23.2 Å². The maximum absolute atomic E-state index is 12.4. The van der Waals surface area contributed by atoms with Crippen LogP contribution in [0.3, 0.4) is 0 Å². The van der Waals surface area contributed by atoms with E-state index in [1.165, 1.54) is 12.1 Å². The molecular weight excluding hydrogens is 351 g/mol. The molecule has 1 heterocycles. The van der Waals surface area contributed by atoms with E-state index in [9.17, 15) is 14.4 Å². The fourth-order valence-electron chi connectivity index (χ4n) is 2.51. The minimum atomic E-state index is -0.571. The molecule has 122 valence electrons. The fraction of sp³-hybridized carbons (Fsp3) is 0.118. The summed E-state index contributed by atoms with van der Waals surface area (Å²) in [6.45, 7) is 1.37. The zero-order valence-electron chi connectivity index (χ0n) is 12.6. The number of rotatable bonds is 3. The van der Waals surface area contributed by atoms with Crippen molar-refractivity contribution in [2.45, 2.75) is 6.92 Å². The third-order valence-corrected chi connectivity index (χ3v) is 4.52. The van der Waals surface area contributed by atoms with Gasteiger partial charge in [-0.1, -0.05) is 35.3 Å². The Kier molecular flexibility index (Phi) is 4.30. The van der Waals surface area contributed by atoms with E-state index < -0.39 is 24.3 Å². The number of hydrogen-bond donors (Lipinski definition) is 1. The Hall–Kier alpha value is -2.37. The van der Waals surface area contributed by atoms with Gasteiger partial charge in [-0.05, 0) is 36.8 Å². The monoisotopic (exact) mass is 362 g/mol. The molecule has 0 unspecified atom stereocenters. The molecule has 0 fully saturated rings. The number of hydrogen-bond acceptors (Lipinski definition) is 3. The predicted molar refractivity (Wildman–Crippen MR) is 91.6 cm³/mol.